The number of unbranched alkanes of at least 4 members (excludes halogenated alkanes) is 1. The third kappa shape index (κ3) is 2.57. The molecule has 2 N–H and O–H groups in total. The largest absolute Gasteiger partial charge is 0.375 e. The van der Waals surface area contributed by atoms with Gasteiger partial charge in [0.1, 0.15) is 5.69 Å². The highest BCUT2D eigenvalue weighted by Gasteiger charge is 2.21. The average Bonchev–Trinajstić information content (AvgIpc) is 2.69. The highest BCUT2D eigenvalue weighted by Crippen LogP contribution is 2.18. The number of aryl methyl sites for hydroxylation is 1. The molecule has 0 aliphatic carbocycles. The van der Waals surface area contributed by atoms with E-state index >= 15 is 0 Å². The fourth-order valence-corrected chi connectivity index (χ4v) is 1.48. The summed E-state index contributed by atoms with van der Waals surface area (Å²) in [6.07, 6.45) is 1.78. The molecule has 1 heterocycles. The molecule has 1 amide bonds. The first-order valence-electron chi connectivity index (χ1n) is 5.37. The smallest absolute Gasteiger partial charge is 0.271 e. The lowest BCUT2D eigenvalue weighted by atomic mass is 10.2. The van der Waals surface area contributed by atoms with Gasteiger partial charge in [0, 0.05) is 13.7 Å². The minimum Gasteiger partial charge on any atom is -0.375 e. The topological polar surface area (TPSA) is 83.0 Å². The summed E-state index contributed by atoms with van der Waals surface area (Å²) in [6, 6.07) is 0. The molecular weight excluding hydrogens is 208 g/mol. The predicted octanol–water partition coefficient (Wildman–Crippen LogP) is 0.884. The molecular formula is C10H18N4O2. The Morgan fingerprint density at radius 3 is 2.81 bits per heavy atom. The van der Waals surface area contributed by atoms with E-state index in [0.717, 1.165) is 19.4 Å². The third-order valence-electron chi connectivity index (χ3n) is 2.47. The molecule has 0 spiro atoms. The maximum Gasteiger partial charge on any atom is 0.271 e. The standard InChI is InChI=1S/C10H18N4O2/c1-4-5-6-14-9(7(2)16-3)8(10(11)15)12-13-14/h7H,4-6H2,1-3H3,(H2,11,15). The van der Waals surface area contributed by atoms with Gasteiger partial charge < -0.3 is 10.5 Å². The zero-order chi connectivity index (χ0) is 12.1. The number of aromatic nitrogens is 3. The van der Waals surface area contributed by atoms with Crippen LogP contribution in [0.3, 0.4) is 0 Å². The molecule has 1 atom stereocenters. The van der Waals surface area contributed by atoms with Crippen LogP contribution in [0.25, 0.3) is 0 Å². The number of carbonyl (C=O) groups is 1. The fourth-order valence-electron chi connectivity index (χ4n) is 1.48. The Labute approximate surface area is 94.8 Å². The summed E-state index contributed by atoms with van der Waals surface area (Å²) in [7, 11) is 1.58. The number of hydrogen-bond acceptors (Lipinski definition) is 4. The molecule has 0 radical (unpaired) electrons. The van der Waals surface area contributed by atoms with Gasteiger partial charge in [0.2, 0.25) is 0 Å². The maximum absolute atomic E-state index is 11.2. The molecule has 6 heteroatoms. The molecule has 0 saturated heterocycles. The number of nitrogens with zero attached hydrogens (tertiary/aromatic N) is 3. The van der Waals surface area contributed by atoms with Crippen LogP contribution in [0.4, 0.5) is 0 Å². The van der Waals surface area contributed by atoms with Gasteiger partial charge in [0.15, 0.2) is 5.69 Å². The molecule has 0 bridgehead atoms. The van der Waals surface area contributed by atoms with Crippen LogP contribution in [0, 0.1) is 0 Å². The average molecular weight is 226 g/mol. The molecule has 6 nitrogen and oxygen atoms in total. The Bertz CT molecular complexity index is 362. The van der Waals surface area contributed by atoms with Gasteiger partial charge in [-0.25, -0.2) is 4.68 Å². The van der Waals surface area contributed by atoms with E-state index in [4.69, 9.17) is 10.5 Å². The summed E-state index contributed by atoms with van der Waals surface area (Å²) in [5.74, 6) is -0.568. The van der Waals surface area contributed by atoms with Crippen LogP contribution in [-0.2, 0) is 11.3 Å². The first-order valence-corrected chi connectivity index (χ1v) is 5.37. The first kappa shape index (κ1) is 12.6. The van der Waals surface area contributed by atoms with E-state index < -0.39 is 5.91 Å². The Kier molecular flexibility index (Phi) is 4.42. The monoisotopic (exact) mass is 226 g/mol. The van der Waals surface area contributed by atoms with E-state index in [1.807, 2.05) is 6.92 Å². The molecule has 1 aromatic heterocycles. The zero-order valence-corrected chi connectivity index (χ0v) is 9.93. The number of amides is 1. The van der Waals surface area contributed by atoms with Gasteiger partial charge in [-0.3, -0.25) is 4.79 Å². The van der Waals surface area contributed by atoms with E-state index in [9.17, 15) is 4.79 Å². The lowest BCUT2D eigenvalue weighted by Gasteiger charge is -2.12. The highest BCUT2D eigenvalue weighted by atomic mass is 16.5. The number of carbonyl (C=O) groups excluding carboxylic acids is 1. The van der Waals surface area contributed by atoms with Crippen LogP contribution >= 0.6 is 0 Å². The summed E-state index contributed by atoms with van der Waals surface area (Å²) >= 11 is 0. The molecule has 0 aromatic carbocycles. The van der Waals surface area contributed by atoms with Crippen molar-refractivity contribution < 1.29 is 9.53 Å². The summed E-state index contributed by atoms with van der Waals surface area (Å²) in [5.41, 5.74) is 6.09. The number of nitrogens with two attached hydrogens (primary N) is 1. The Morgan fingerprint density at radius 1 is 1.62 bits per heavy atom. The van der Waals surface area contributed by atoms with Crippen molar-refractivity contribution in [3.05, 3.63) is 11.4 Å². The molecule has 16 heavy (non-hydrogen) atoms. The number of hydrogen-bond donors (Lipinski definition) is 1. The molecule has 1 rings (SSSR count). The Hall–Kier alpha value is -1.43. The van der Waals surface area contributed by atoms with Crippen molar-refractivity contribution in [3.8, 4) is 0 Å². The lowest BCUT2D eigenvalue weighted by Crippen LogP contribution is -2.17. The van der Waals surface area contributed by atoms with Gasteiger partial charge in [-0.15, -0.1) is 5.10 Å². The third-order valence-corrected chi connectivity index (χ3v) is 2.47. The van der Waals surface area contributed by atoms with Crippen LogP contribution in [-0.4, -0.2) is 28.0 Å². The molecule has 0 saturated carbocycles. The molecule has 0 aliphatic heterocycles. The van der Waals surface area contributed by atoms with Crippen molar-refractivity contribution in [1.82, 2.24) is 15.0 Å². The van der Waals surface area contributed by atoms with Crippen molar-refractivity contribution >= 4 is 5.91 Å². The van der Waals surface area contributed by atoms with Gasteiger partial charge >= 0.3 is 0 Å². The molecule has 0 fully saturated rings. The van der Waals surface area contributed by atoms with Crippen LogP contribution in [0.1, 0.15) is 49.0 Å². The van der Waals surface area contributed by atoms with E-state index in [1.165, 1.54) is 0 Å². The number of rotatable bonds is 6. The Balaban J connectivity index is 3.04. The molecule has 90 valence electrons. The summed E-state index contributed by atoms with van der Waals surface area (Å²) < 4.78 is 6.89. The van der Waals surface area contributed by atoms with Gasteiger partial charge in [0.05, 0.1) is 6.10 Å². The minimum absolute atomic E-state index is 0.199. The van der Waals surface area contributed by atoms with Gasteiger partial charge in [-0.2, -0.15) is 0 Å². The van der Waals surface area contributed by atoms with Gasteiger partial charge in [-0.05, 0) is 13.3 Å². The van der Waals surface area contributed by atoms with Crippen LogP contribution in [0.2, 0.25) is 0 Å². The summed E-state index contributed by atoms with van der Waals surface area (Å²) in [4.78, 5) is 11.2. The first-order chi connectivity index (χ1) is 7.61. The van der Waals surface area contributed by atoms with Crippen molar-refractivity contribution in [2.75, 3.05) is 7.11 Å². The molecule has 0 aliphatic rings. The highest BCUT2D eigenvalue weighted by molar-refractivity contribution is 5.91. The number of methoxy groups -OCH3 is 1. The summed E-state index contributed by atoms with van der Waals surface area (Å²) in [5, 5.41) is 7.73. The Morgan fingerprint density at radius 2 is 2.31 bits per heavy atom. The van der Waals surface area contributed by atoms with Crippen LogP contribution in [0.5, 0.6) is 0 Å². The predicted molar refractivity (Wildman–Crippen MR) is 58.9 cm³/mol. The van der Waals surface area contributed by atoms with E-state index in [-0.39, 0.29) is 11.8 Å². The quantitative estimate of drug-likeness (QED) is 0.780. The second-order valence-electron chi connectivity index (χ2n) is 3.64. The maximum atomic E-state index is 11.2. The van der Waals surface area contributed by atoms with Crippen molar-refractivity contribution in [2.24, 2.45) is 5.73 Å². The fraction of sp³-hybridized carbons (Fsp3) is 0.700. The second-order valence-corrected chi connectivity index (χ2v) is 3.64. The minimum atomic E-state index is -0.568. The van der Waals surface area contributed by atoms with E-state index in [2.05, 4.69) is 17.2 Å². The molecule has 1 aromatic rings. The van der Waals surface area contributed by atoms with Gasteiger partial charge in [-0.1, -0.05) is 18.6 Å². The number of primary amides is 1. The van der Waals surface area contributed by atoms with Crippen molar-refractivity contribution in [1.29, 1.82) is 0 Å². The zero-order valence-electron chi connectivity index (χ0n) is 9.93. The van der Waals surface area contributed by atoms with E-state index in [0.29, 0.717) is 5.69 Å². The van der Waals surface area contributed by atoms with E-state index in [1.54, 1.807) is 11.8 Å². The normalized spacial score (nSPS) is 12.7. The molecule has 1 unspecified atom stereocenters. The second kappa shape index (κ2) is 5.60. The van der Waals surface area contributed by atoms with Gasteiger partial charge in [0.25, 0.3) is 5.91 Å². The number of ether oxygens (including phenoxy) is 1. The SMILES string of the molecule is CCCCn1nnc(C(N)=O)c1C(C)OC. The lowest BCUT2D eigenvalue weighted by molar-refractivity contribution is 0.0960. The summed E-state index contributed by atoms with van der Waals surface area (Å²) in [6.45, 7) is 4.65. The van der Waals surface area contributed by atoms with Crippen molar-refractivity contribution in [2.45, 2.75) is 39.3 Å². The van der Waals surface area contributed by atoms with Crippen LogP contribution in [0.15, 0.2) is 0 Å². The van der Waals surface area contributed by atoms with Crippen LogP contribution < -0.4 is 5.73 Å². The van der Waals surface area contributed by atoms with Crippen molar-refractivity contribution in [3.63, 3.8) is 0 Å².